The van der Waals surface area contributed by atoms with E-state index in [9.17, 15) is 0 Å². The molecule has 0 aromatic heterocycles. The lowest BCUT2D eigenvalue weighted by Gasteiger charge is -2.16. The summed E-state index contributed by atoms with van der Waals surface area (Å²) >= 11 is 3.66. The molecule has 1 nitrogen and oxygen atoms in total. The molecule has 1 aromatic rings. The van der Waals surface area contributed by atoms with Gasteiger partial charge in [-0.1, -0.05) is 25.5 Å². The molecule has 0 heterocycles. The van der Waals surface area contributed by atoms with E-state index >= 15 is 0 Å². The normalized spacial score (nSPS) is 24.7. The summed E-state index contributed by atoms with van der Waals surface area (Å²) in [4.78, 5) is 0. The van der Waals surface area contributed by atoms with Gasteiger partial charge in [-0.2, -0.15) is 0 Å². The molecule has 2 heteroatoms. The second-order valence-corrected chi connectivity index (χ2v) is 5.66. The zero-order chi connectivity index (χ0) is 11.5. The molecule has 2 rings (SSSR count). The van der Waals surface area contributed by atoms with Crippen LogP contribution >= 0.6 is 15.9 Å². The first kappa shape index (κ1) is 12.0. The average molecular weight is 282 g/mol. The second kappa shape index (κ2) is 5.22. The van der Waals surface area contributed by atoms with Gasteiger partial charge in [-0.05, 0) is 59.7 Å². The van der Waals surface area contributed by atoms with Crippen LogP contribution in [0.15, 0.2) is 22.7 Å². The summed E-state index contributed by atoms with van der Waals surface area (Å²) in [5.41, 5.74) is 2.55. The van der Waals surface area contributed by atoms with E-state index in [4.69, 9.17) is 0 Å². The molecule has 16 heavy (non-hydrogen) atoms. The van der Waals surface area contributed by atoms with Crippen LogP contribution in [-0.4, -0.2) is 6.04 Å². The first-order valence-electron chi connectivity index (χ1n) is 6.22. The van der Waals surface area contributed by atoms with Crippen LogP contribution in [0.2, 0.25) is 0 Å². The number of hydrogen-bond donors (Lipinski definition) is 1. The molecule has 1 aliphatic rings. The Morgan fingerprint density at radius 3 is 2.88 bits per heavy atom. The Kier molecular flexibility index (Phi) is 3.91. The minimum atomic E-state index is 0.669. The second-order valence-electron chi connectivity index (χ2n) is 4.87. The van der Waals surface area contributed by atoms with E-state index in [1.807, 2.05) is 0 Å². The maximum absolute atomic E-state index is 3.67. The Balaban J connectivity index is 2.02. The summed E-state index contributed by atoms with van der Waals surface area (Å²) in [6, 6.07) is 7.09. The third-order valence-corrected chi connectivity index (χ3v) is 4.72. The fourth-order valence-electron chi connectivity index (χ4n) is 2.56. The SMILES string of the molecule is CCC1CCC(Nc2cccc(C)c2Br)C1. The molecular formula is C14H20BrN. The highest BCUT2D eigenvalue weighted by Gasteiger charge is 2.23. The lowest BCUT2D eigenvalue weighted by molar-refractivity contribution is 0.525. The van der Waals surface area contributed by atoms with Crippen molar-refractivity contribution in [2.75, 3.05) is 5.32 Å². The van der Waals surface area contributed by atoms with Crippen LogP contribution in [0.3, 0.4) is 0 Å². The van der Waals surface area contributed by atoms with E-state index in [1.165, 1.54) is 41.4 Å². The number of halogens is 1. The number of anilines is 1. The molecule has 1 aromatic carbocycles. The van der Waals surface area contributed by atoms with Gasteiger partial charge in [0, 0.05) is 16.2 Å². The molecule has 0 amide bonds. The van der Waals surface area contributed by atoms with Crippen LogP contribution in [0, 0.1) is 12.8 Å². The van der Waals surface area contributed by atoms with Gasteiger partial charge in [0.05, 0.1) is 0 Å². The third kappa shape index (κ3) is 2.60. The maximum atomic E-state index is 3.67. The summed E-state index contributed by atoms with van der Waals surface area (Å²) in [5.74, 6) is 0.932. The van der Waals surface area contributed by atoms with E-state index in [2.05, 4.69) is 53.3 Å². The van der Waals surface area contributed by atoms with Crippen LogP contribution < -0.4 is 5.32 Å². The molecule has 0 radical (unpaired) electrons. The minimum absolute atomic E-state index is 0.669. The monoisotopic (exact) mass is 281 g/mol. The van der Waals surface area contributed by atoms with Crippen molar-refractivity contribution < 1.29 is 0 Å². The average Bonchev–Trinajstić information content (AvgIpc) is 2.73. The number of hydrogen-bond acceptors (Lipinski definition) is 1. The molecule has 0 saturated heterocycles. The number of nitrogens with one attached hydrogen (secondary N) is 1. The zero-order valence-corrected chi connectivity index (χ0v) is 11.7. The third-order valence-electron chi connectivity index (χ3n) is 3.67. The molecule has 1 fully saturated rings. The Labute approximate surface area is 107 Å². The molecule has 2 unspecified atom stereocenters. The zero-order valence-electron chi connectivity index (χ0n) is 10.1. The van der Waals surface area contributed by atoms with Gasteiger partial charge in [-0.25, -0.2) is 0 Å². The quantitative estimate of drug-likeness (QED) is 0.843. The van der Waals surface area contributed by atoms with Gasteiger partial charge in [-0.15, -0.1) is 0 Å². The lowest BCUT2D eigenvalue weighted by atomic mass is 10.1. The van der Waals surface area contributed by atoms with Crippen molar-refractivity contribution in [1.82, 2.24) is 0 Å². The van der Waals surface area contributed by atoms with Crippen LogP contribution in [0.5, 0.6) is 0 Å². The number of benzene rings is 1. The van der Waals surface area contributed by atoms with Gasteiger partial charge in [0.2, 0.25) is 0 Å². The van der Waals surface area contributed by atoms with Crippen molar-refractivity contribution in [3.8, 4) is 0 Å². The molecule has 2 atom stereocenters. The molecule has 88 valence electrons. The van der Waals surface area contributed by atoms with Gasteiger partial charge in [-0.3, -0.25) is 0 Å². The highest BCUT2D eigenvalue weighted by Crippen LogP contribution is 2.33. The topological polar surface area (TPSA) is 12.0 Å². The Hall–Kier alpha value is -0.500. The van der Waals surface area contributed by atoms with E-state index in [0.717, 1.165) is 5.92 Å². The van der Waals surface area contributed by atoms with Crippen molar-refractivity contribution >= 4 is 21.6 Å². The van der Waals surface area contributed by atoms with Gasteiger partial charge in [0.1, 0.15) is 0 Å². The minimum Gasteiger partial charge on any atom is -0.381 e. The Bertz CT molecular complexity index is 362. The molecular weight excluding hydrogens is 262 g/mol. The summed E-state index contributed by atoms with van der Waals surface area (Å²) in [6.07, 6.45) is 5.36. The molecule has 1 N–H and O–H groups in total. The van der Waals surface area contributed by atoms with E-state index < -0.39 is 0 Å². The number of rotatable bonds is 3. The first-order chi connectivity index (χ1) is 7.70. The maximum Gasteiger partial charge on any atom is 0.0489 e. The van der Waals surface area contributed by atoms with Gasteiger partial charge >= 0.3 is 0 Å². The Morgan fingerprint density at radius 2 is 2.19 bits per heavy atom. The van der Waals surface area contributed by atoms with Crippen LogP contribution in [0.1, 0.15) is 38.2 Å². The molecule has 0 bridgehead atoms. The standard InChI is InChI=1S/C14H20BrN/c1-3-11-7-8-12(9-11)16-13-6-4-5-10(2)14(13)15/h4-6,11-12,16H,3,7-9H2,1-2H3. The first-order valence-corrected chi connectivity index (χ1v) is 7.01. The largest absolute Gasteiger partial charge is 0.381 e. The van der Waals surface area contributed by atoms with Crippen LogP contribution in [0.4, 0.5) is 5.69 Å². The fourth-order valence-corrected chi connectivity index (χ4v) is 2.93. The van der Waals surface area contributed by atoms with Gasteiger partial charge in [0.15, 0.2) is 0 Å². The summed E-state index contributed by atoms with van der Waals surface area (Å²) in [6.45, 7) is 4.44. The van der Waals surface area contributed by atoms with E-state index in [1.54, 1.807) is 0 Å². The number of aryl methyl sites for hydroxylation is 1. The lowest BCUT2D eigenvalue weighted by Crippen LogP contribution is -2.15. The van der Waals surface area contributed by atoms with Gasteiger partial charge < -0.3 is 5.32 Å². The van der Waals surface area contributed by atoms with E-state index in [0.29, 0.717) is 6.04 Å². The molecule has 0 aliphatic heterocycles. The predicted molar refractivity (Wildman–Crippen MR) is 73.9 cm³/mol. The highest BCUT2D eigenvalue weighted by molar-refractivity contribution is 9.10. The Morgan fingerprint density at radius 1 is 1.38 bits per heavy atom. The highest BCUT2D eigenvalue weighted by atomic mass is 79.9. The molecule has 1 aliphatic carbocycles. The van der Waals surface area contributed by atoms with Crippen molar-refractivity contribution in [2.24, 2.45) is 5.92 Å². The van der Waals surface area contributed by atoms with Crippen molar-refractivity contribution in [3.63, 3.8) is 0 Å². The summed E-state index contributed by atoms with van der Waals surface area (Å²) < 4.78 is 1.22. The van der Waals surface area contributed by atoms with Crippen LogP contribution in [-0.2, 0) is 0 Å². The van der Waals surface area contributed by atoms with Crippen molar-refractivity contribution in [1.29, 1.82) is 0 Å². The predicted octanol–water partition coefficient (Wildman–Crippen LogP) is 4.75. The fraction of sp³-hybridized carbons (Fsp3) is 0.571. The van der Waals surface area contributed by atoms with Gasteiger partial charge in [0.25, 0.3) is 0 Å². The summed E-state index contributed by atoms with van der Waals surface area (Å²) in [7, 11) is 0. The van der Waals surface area contributed by atoms with E-state index in [-0.39, 0.29) is 0 Å². The van der Waals surface area contributed by atoms with Crippen LogP contribution in [0.25, 0.3) is 0 Å². The van der Waals surface area contributed by atoms with Crippen molar-refractivity contribution in [3.05, 3.63) is 28.2 Å². The summed E-state index contributed by atoms with van der Waals surface area (Å²) in [5, 5.41) is 3.67. The van der Waals surface area contributed by atoms with Crippen molar-refractivity contribution in [2.45, 2.75) is 45.6 Å². The molecule has 1 saturated carbocycles. The smallest absolute Gasteiger partial charge is 0.0489 e. The molecule has 0 spiro atoms.